The van der Waals surface area contributed by atoms with Crippen LogP contribution in [0.25, 0.3) is 11.5 Å². The van der Waals surface area contributed by atoms with Crippen molar-refractivity contribution in [3.8, 4) is 11.5 Å². The Hall–Kier alpha value is -3.07. The number of hydrogen-bond donors (Lipinski definition) is 2. The van der Waals surface area contributed by atoms with Crippen LogP contribution in [-0.2, 0) is 0 Å². The number of nitrogens with one attached hydrogen (secondary N) is 1. The summed E-state index contributed by atoms with van der Waals surface area (Å²) in [6.45, 7) is 1.80. The minimum Gasteiger partial charge on any atom is -0.469 e. The van der Waals surface area contributed by atoms with Gasteiger partial charge in [0.2, 0.25) is 0 Å². The molecule has 0 fully saturated rings. The number of carbonyl (C=O) groups is 2. The fourth-order valence-corrected chi connectivity index (χ4v) is 2.73. The molecule has 0 atom stereocenters. The van der Waals surface area contributed by atoms with Gasteiger partial charge in [0.1, 0.15) is 5.76 Å². The number of benzene rings is 1. The van der Waals surface area contributed by atoms with Crippen molar-refractivity contribution in [2.75, 3.05) is 11.1 Å². The van der Waals surface area contributed by atoms with Crippen LogP contribution >= 0.6 is 11.8 Å². The number of aryl methyl sites for hydroxylation is 1. The topological polar surface area (TPSA) is 124 Å². The summed E-state index contributed by atoms with van der Waals surface area (Å²) in [5.74, 6) is 1.08. The lowest BCUT2D eigenvalue weighted by Crippen LogP contribution is -2.19. The second kappa shape index (κ2) is 7.22. The molecule has 2 amide bonds. The van der Waals surface area contributed by atoms with Gasteiger partial charge < -0.3 is 19.9 Å². The predicted molar refractivity (Wildman–Crippen MR) is 91.4 cm³/mol. The first kappa shape index (κ1) is 16.8. The number of nitrogens with two attached hydrogens (primary N) is 1. The van der Waals surface area contributed by atoms with Crippen molar-refractivity contribution < 1.29 is 18.4 Å². The number of carbonyl (C=O) groups excluding carboxylic acids is 2. The highest BCUT2D eigenvalue weighted by atomic mass is 32.2. The first-order chi connectivity index (χ1) is 12.0. The monoisotopic (exact) mass is 358 g/mol. The molecule has 0 bridgehead atoms. The van der Waals surface area contributed by atoms with E-state index in [-0.39, 0.29) is 11.5 Å². The van der Waals surface area contributed by atoms with E-state index < -0.39 is 6.03 Å². The summed E-state index contributed by atoms with van der Waals surface area (Å²) in [5, 5.41) is 10.6. The molecule has 0 radical (unpaired) electrons. The lowest BCUT2D eigenvalue weighted by atomic mass is 10.1. The third-order valence-electron chi connectivity index (χ3n) is 3.30. The zero-order valence-corrected chi connectivity index (χ0v) is 14.0. The van der Waals surface area contributed by atoms with E-state index in [0.29, 0.717) is 28.1 Å². The van der Waals surface area contributed by atoms with Crippen LogP contribution in [0.5, 0.6) is 0 Å². The van der Waals surface area contributed by atoms with Crippen LogP contribution in [-0.4, -0.2) is 27.8 Å². The SMILES string of the molecule is Cc1occc1-c1nnc(SCC(=O)c2ccc(NC(N)=O)cc2)o1. The van der Waals surface area contributed by atoms with Crippen LogP contribution in [0, 0.1) is 6.92 Å². The van der Waals surface area contributed by atoms with E-state index in [1.807, 2.05) is 0 Å². The van der Waals surface area contributed by atoms with Gasteiger partial charge >= 0.3 is 6.03 Å². The maximum Gasteiger partial charge on any atom is 0.316 e. The summed E-state index contributed by atoms with van der Waals surface area (Å²) in [4.78, 5) is 23.0. The molecule has 3 aromatic rings. The Bertz CT molecular complexity index is 901. The summed E-state index contributed by atoms with van der Waals surface area (Å²) < 4.78 is 10.7. The number of nitrogens with zero attached hydrogens (tertiary/aromatic N) is 2. The molecule has 0 spiro atoms. The standard InChI is InChI=1S/C16H14N4O4S/c1-9-12(6-7-23-9)14-19-20-16(24-14)25-8-13(21)10-2-4-11(5-3-10)18-15(17)22/h2-7H,8H2,1H3,(H3,17,18,22). The maximum absolute atomic E-state index is 12.2. The molecule has 2 heterocycles. The largest absolute Gasteiger partial charge is 0.469 e. The molecule has 8 nitrogen and oxygen atoms in total. The van der Waals surface area contributed by atoms with Crippen molar-refractivity contribution in [1.82, 2.24) is 10.2 Å². The molecular weight excluding hydrogens is 344 g/mol. The normalized spacial score (nSPS) is 10.6. The fourth-order valence-electron chi connectivity index (χ4n) is 2.08. The smallest absolute Gasteiger partial charge is 0.316 e. The minimum atomic E-state index is -0.658. The highest BCUT2D eigenvalue weighted by Crippen LogP contribution is 2.26. The molecule has 0 aliphatic carbocycles. The Morgan fingerprint density at radius 3 is 2.60 bits per heavy atom. The van der Waals surface area contributed by atoms with Gasteiger partial charge in [0.25, 0.3) is 11.1 Å². The predicted octanol–water partition coefficient (Wildman–Crippen LogP) is 3.10. The molecule has 128 valence electrons. The van der Waals surface area contributed by atoms with Gasteiger partial charge in [-0.1, -0.05) is 11.8 Å². The van der Waals surface area contributed by atoms with E-state index in [2.05, 4.69) is 15.5 Å². The van der Waals surface area contributed by atoms with Crippen LogP contribution in [0.2, 0.25) is 0 Å². The van der Waals surface area contributed by atoms with E-state index in [4.69, 9.17) is 14.6 Å². The Morgan fingerprint density at radius 1 is 1.20 bits per heavy atom. The average molecular weight is 358 g/mol. The lowest BCUT2D eigenvalue weighted by molar-refractivity contribution is 0.102. The Kier molecular flexibility index (Phi) is 4.85. The average Bonchev–Trinajstić information content (AvgIpc) is 3.21. The highest BCUT2D eigenvalue weighted by molar-refractivity contribution is 7.99. The first-order valence-corrected chi connectivity index (χ1v) is 8.22. The van der Waals surface area contributed by atoms with Crippen molar-refractivity contribution in [3.05, 3.63) is 47.9 Å². The van der Waals surface area contributed by atoms with Crippen LogP contribution in [0.15, 0.2) is 50.7 Å². The number of ketones is 1. The van der Waals surface area contributed by atoms with Crippen molar-refractivity contribution in [3.63, 3.8) is 0 Å². The van der Waals surface area contributed by atoms with Crippen LogP contribution in [0.4, 0.5) is 10.5 Å². The highest BCUT2D eigenvalue weighted by Gasteiger charge is 2.15. The number of primary amides is 1. The number of amides is 2. The molecule has 0 aliphatic heterocycles. The van der Waals surface area contributed by atoms with Gasteiger partial charge in [-0.15, -0.1) is 10.2 Å². The molecule has 25 heavy (non-hydrogen) atoms. The number of hydrogen-bond acceptors (Lipinski definition) is 7. The van der Waals surface area contributed by atoms with E-state index in [1.165, 1.54) is 0 Å². The van der Waals surface area contributed by atoms with Gasteiger partial charge in [-0.05, 0) is 37.3 Å². The molecule has 2 aromatic heterocycles. The third-order valence-corrected chi connectivity index (χ3v) is 4.12. The van der Waals surface area contributed by atoms with E-state index in [1.54, 1.807) is 43.5 Å². The minimum absolute atomic E-state index is 0.102. The first-order valence-electron chi connectivity index (χ1n) is 7.23. The third kappa shape index (κ3) is 4.07. The number of anilines is 1. The maximum atomic E-state index is 12.2. The number of urea groups is 1. The number of furan rings is 1. The molecule has 3 N–H and O–H groups in total. The van der Waals surface area contributed by atoms with E-state index in [0.717, 1.165) is 17.3 Å². The summed E-state index contributed by atoms with van der Waals surface area (Å²) in [6, 6.07) is 7.52. The van der Waals surface area contributed by atoms with Crippen LogP contribution < -0.4 is 11.1 Å². The van der Waals surface area contributed by atoms with Gasteiger partial charge in [-0.25, -0.2) is 4.79 Å². The van der Waals surface area contributed by atoms with Gasteiger partial charge in [0.05, 0.1) is 17.6 Å². The molecule has 1 aromatic carbocycles. The van der Waals surface area contributed by atoms with Crippen molar-refractivity contribution in [1.29, 1.82) is 0 Å². The Labute approximate surface area is 146 Å². The van der Waals surface area contributed by atoms with E-state index >= 15 is 0 Å². The summed E-state index contributed by atoms with van der Waals surface area (Å²) in [6.07, 6.45) is 1.54. The van der Waals surface area contributed by atoms with Crippen LogP contribution in [0.1, 0.15) is 16.1 Å². The second-order valence-electron chi connectivity index (χ2n) is 5.04. The number of aromatic nitrogens is 2. The van der Waals surface area contributed by atoms with Crippen molar-refractivity contribution in [2.24, 2.45) is 5.73 Å². The van der Waals surface area contributed by atoms with Crippen LogP contribution in [0.3, 0.4) is 0 Å². The quantitative estimate of drug-likeness (QED) is 0.512. The Balaban J connectivity index is 1.60. The molecule has 0 aliphatic rings. The van der Waals surface area contributed by atoms with Crippen molar-refractivity contribution >= 4 is 29.3 Å². The zero-order chi connectivity index (χ0) is 17.8. The number of rotatable bonds is 6. The number of Topliss-reactive ketones (excluding diaryl/α,β-unsaturated/α-hetero) is 1. The molecule has 3 rings (SSSR count). The Morgan fingerprint density at radius 2 is 1.96 bits per heavy atom. The molecule has 9 heteroatoms. The van der Waals surface area contributed by atoms with Gasteiger partial charge in [0, 0.05) is 11.3 Å². The molecule has 0 saturated carbocycles. The van der Waals surface area contributed by atoms with Gasteiger partial charge in [-0.2, -0.15) is 0 Å². The number of thioether (sulfide) groups is 1. The van der Waals surface area contributed by atoms with Gasteiger partial charge in [0.15, 0.2) is 5.78 Å². The fraction of sp³-hybridized carbons (Fsp3) is 0.125. The van der Waals surface area contributed by atoms with Gasteiger partial charge in [-0.3, -0.25) is 4.79 Å². The zero-order valence-electron chi connectivity index (χ0n) is 13.2. The molecule has 0 unspecified atom stereocenters. The summed E-state index contributed by atoms with van der Waals surface area (Å²) in [7, 11) is 0. The molecule has 0 saturated heterocycles. The molecular formula is C16H14N4O4S. The second-order valence-corrected chi connectivity index (χ2v) is 5.97. The summed E-state index contributed by atoms with van der Waals surface area (Å²) in [5.41, 5.74) is 6.79. The summed E-state index contributed by atoms with van der Waals surface area (Å²) >= 11 is 1.15. The lowest BCUT2D eigenvalue weighted by Gasteiger charge is -2.03. The van der Waals surface area contributed by atoms with E-state index in [9.17, 15) is 9.59 Å². The van der Waals surface area contributed by atoms with Crippen molar-refractivity contribution in [2.45, 2.75) is 12.1 Å².